The SMILES string of the molecule is Nn1c(SCC(=O)Nc2ccccc2Cl)nnc(CCC(=O)O)c1=O. The summed E-state index contributed by atoms with van der Waals surface area (Å²) in [5, 5.41) is 19.1. The minimum Gasteiger partial charge on any atom is -0.481 e. The number of thioether (sulfide) groups is 1. The Hall–Kier alpha value is -2.59. The zero-order valence-corrected chi connectivity index (χ0v) is 14.4. The molecule has 0 unspecified atom stereocenters. The molecule has 0 bridgehead atoms. The minimum atomic E-state index is -1.06. The van der Waals surface area contributed by atoms with Crippen molar-refractivity contribution in [3.63, 3.8) is 0 Å². The summed E-state index contributed by atoms with van der Waals surface area (Å²) in [6, 6.07) is 6.76. The van der Waals surface area contributed by atoms with E-state index in [0.29, 0.717) is 10.7 Å². The highest BCUT2D eigenvalue weighted by Crippen LogP contribution is 2.21. The maximum atomic E-state index is 12.0. The number of nitrogen functional groups attached to an aromatic ring is 1. The van der Waals surface area contributed by atoms with Gasteiger partial charge in [-0.15, -0.1) is 10.2 Å². The summed E-state index contributed by atoms with van der Waals surface area (Å²) in [5.74, 6) is 4.15. The van der Waals surface area contributed by atoms with Crippen LogP contribution >= 0.6 is 23.4 Å². The van der Waals surface area contributed by atoms with Gasteiger partial charge in [-0.2, -0.15) is 4.68 Å². The summed E-state index contributed by atoms with van der Waals surface area (Å²) in [5.41, 5.74) is -0.227. The number of aryl methyl sites for hydroxylation is 1. The van der Waals surface area contributed by atoms with Gasteiger partial charge in [0.1, 0.15) is 5.69 Å². The normalized spacial score (nSPS) is 10.4. The molecule has 132 valence electrons. The fraction of sp³-hybridized carbons (Fsp3) is 0.214. The van der Waals surface area contributed by atoms with E-state index in [1.807, 2.05) is 0 Å². The van der Waals surface area contributed by atoms with Crippen LogP contribution in [0.1, 0.15) is 12.1 Å². The molecule has 2 rings (SSSR count). The van der Waals surface area contributed by atoms with E-state index in [0.717, 1.165) is 16.4 Å². The van der Waals surface area contributed by atoms with E-state index in [-0.39, 0.29) is 35.4 Å². The van der Waals surface area contributed by atoms with Crippen LogP contribution in [0.15, 0.2) is 34.2 Å². The molecule has 0 aliphatic carbocycles. The van der Waals surface area contributed by atoms with Crippen molar-refractivity contribution in [3.8, 4) is 0 Å². The van der Waals surface area contributed by atoms with Gasteiger partial charge < -0.3 is 16.3 Å². The van der Waals surface area contributed by atoms with Gasteiger partial charge >= 0.3 is 5.97 Å². The lowest BCUT2D eigenvalue weighted by Crippen LogP contribution is -2.34. The molecule has 1 aromatic carbocycles. The molecular formula is C14H14ClN5O4S. The van der Waals surface area contributed by atoms with Crippen molar-refractivity contribution in [3.05, 3.63) is 45.3 Å². The van der Waals surface area contributed by atoms with Gasteiger partial charge in [-0.1, -0.05) is 35.5 Å². The molecule has 1 amide bonds. The third kappa shape index (κ3) is 5.19. The number of anilines is 1. The van der Waals surface area contributed by atoms with Crippen molar-refractivity contribution >= 4 is 40.9 Å². The predicted octanol–water partition coefficient (Wildman–Crippen LogP) is 0.754. The molecule has 0 radical (unpaired) electrons. The number of hydrogen-bond acceptors (Lipinski definition) is 7. The Morgan fingerprint density at radius 3 is 2.72 bits per heavy atom. The Morgan fingerprint density at radius 1 is 1.32 bits per heavy atom. The number of para-hydroxylation sites is 1. The summed E-state index contributed by atoms with van der Waals surface area (Å²) in [6.45, 7) is 0. The van der Waals surface area contributed by atoms with Crippen LogP contribution in [0.2, 0.25) is 5.02 Å². The summed E-state index contributed by atoms with van der Waals surface area (Å²) in [7, 11) is 0. The van der Waals surface area contributed by atoms with Crippen LogP contribution in [0.4, 0.5) is 5.69 Å². The Kier molecular flexibility index (Phi) is 6.37. The number of nitrogens with two attached hydrogens (primary N) is 1. The van der Waals surface area contributed by atoms with E-state index >= 15 is 0 Å². The molecule has 1 aromatic heterocycles. The molecule has 0 saturated carbocycles. The lowest BCUT2D eigenvalue weighted by Gasteiger charge is -2.08. The monoisotopic (exact) mass is 383 g/mol. The summed E-state index contributed by atoms with van der Waals surface area (Å²) in [4.78, 5) is 34.5. The van der Waals surface area contributed by atoms with Crippen LogP contribution in [-0.4, -0.2) is 37.6 Å². The molecule has 9 nitrogen and oxygen atoms in total. The molecule has 2 aromatic rings. The predicted molar refractivity (Wildman–Crippen MR) is 93.2 cm³/mol. The standard InChI is InChI=1S/C14H14ClN5O4S/c15-8-3-1-2-4-9(8)17-11(21)7-25-14-19-18-10(5-6-12(22)23)13(24)20(14)16/h1-4H,5-7,16H2,(H,17,21)(H,22,23). The fourth-order valence-corrected chi connectivity index (χ4v) is 2.62. The van der Waals surface area contributed by atoms with E-state index in [4.69, 9.17) is 22.6 Å². The third-order valence-corrected chi connectivity index (χ3v) is 4.26. The zero-order chi connectivity index (χ0) is 18.4. The third-order valence-electron chi connectivity index (χ3n) is 2.98. The fourth-order valence-electron chi connectivity index (χ4n) is 1.78. The molecule has 0 aliphatic heterocycles. The van der Waals surface area contributed by atoms with Gasteiger partial charge in [0.25, 0.3) is 5.56 Å². The van der Waals surface area contributed by atoms with Gasteiger partial charge in [0, 0.05) is 6.42 Å². The van der Waals surface area contributed by atoms with Gasteiger partial charge in [-0.25, -0.2) is 0 Å². The Balaban J connectivity index is 2.00. The summed E-state index contributed by atoms with van der Waals surface area (Å²) < 4.78 is 0.748. The molecule has 0 fully saturated rings. The number of halogens is 1. The Bertz CT molecular complexity index is 857. The average molecular weight is 384 g/mol. The van der Waals surface area contributed by atoms with E-state index < -0.39 is 11.5 Å². The molecule has 0 saturated heterocycles. The molecule has 0 aliphatic rings. The van der Waals surface area contributed by atoms with Crippen LogP contribution in [0, 0.1) is 0 Å². The highest BCUT2D eigenvalue weighted by molar-refractivity contribution is 7.99. The van der Waals surface area contributed by atoms with Crippen LogP contribution in [0.5, 0.6) is 0 Å². The molecule has 4 N–H and O–H groups in total. The van der Waals surface area contributed by atoms with Gasteiger partial charge in [0.2, 0.25) is 11.1 Å². The molecule has 25 heavy (non-hydrogen) atoms. The summed E-state index contributed by atoms with van der Waals surface area (Å²) >= 11 is 6.87. The average Bonchev–Trinajstić information content (AvgIpc) is 2.57. The van der Waals surface area contributed by atoms with Crippen molar-refractivity contribution in [1.29, 1.82) is 0 Å². The van der Waals surface area contributed by atoms with E-state index in [2.05, 4.69) is 15.5 Å². The van der Waals surface area contributed by atoms with Crippen LogP contribution < -0.4 is 16.7 Å². The van der Waals surface area contributed by atoms with Gasteiger partial charge in [-0.3, -0.25) is 14.4 Å². The maximum Gasteiger partial charge on any atom is 0.303 e. The second-order valence-electron chi connectivity index (χ2n) is 4.81. The van der Waals surface area contributed by atoms with Crippen molar-refractivity contribution in [2.75, 3.05) is 16.9 Å². The number of carboxylic acid groups (broad SMARTS) is 1. The lowest BCUT2D eigenvalue weighted by atomic mass is 10.2. The zero-order valence-electron chi connectivity index (χ0n) is 12.8. The van der Waals surface area contributed by atoms with Gasteiger partial charge in [0.05, 0.1) is 22.9 Å². The quantitative estimate of drug-likeness (QED) is 0.470. The largest absolute Gasteiger partial charge is 0.481 e. The number of nitrogens with one attached hydrogen (secondary N) is 1. The second kappa shape index (κ2) is 8.49. The van der Waals surface area contributed by atoms with Gasteiger partial charge in [0.15, 0.2) is 0 Å². The number of nitrogens with zero attached hydrogens (tertiary/aromatic N) is 3. The number of carbonyl (C=O) groups is 2. The molecule has 1 heterocycles. The smallest absolute Gasteiger partial charge is 0.303 e. The Morgan fingerprint density at radius 2 is 2.04 bits per heavy atom. The van der Waals surface area contributed by atoms with Crippen LogP contribution in [0.3, 0.4) is 0 Å². The van der Waals surface area contributed by atoms with Crippen LogP contribution in [0.25, 0.3) is 0 Å². The first-order valence-corrected chi connectivity index (χ1v) is 8.37. The molecule has 0 spiro atoms. The number of amides is 1. The van der Waals surface area contributed by atoms with Crippen LogP contribution in [-0.2, 0) is 16.0 Å². The van der Waals surface area contributed by atoms with E-state index in [1.165, 1.54) is 0 Å². The van der Waals surface area contributed by atoms with Crippen molar-refractivity contribution in [2.45, 2.75) is 18.0 Å². The number of carbonyl (C=O) groups excluding carboxylic acids is 1. The summed E-state index contributed by atoms with van der Waals surface area (Å²) in [6.07, 6.45) is -0.326. The van der Waals surface area contributed by atoms with Crippen molar-refractivity contribution in [2.24, 2.45) is 0 Å². The second-order valence-corrected chi connectivity index (χ2v) is 6.16. The number of aromatic nitrogens is 3. The first-order valence-electron chi connectivity index (χ1n) is 7.01. The highest BCUT2D eigenvalue weighted by atomic mass is 35.5. The molecule has 11 heteroatoms. The number of carboxylic acids is 1. The van der Waals surface area contributed by atoms with Crippen molar-refractivity contribution < 1.29 is 14.7 Å². The minimum absolute atomic E-state index is 0.0402. The van der Waals surface area contributed by atoms with Gasteiger partial charge in [-0.05, 0) is 12.1 Å². The van der Waals surface area contributed by atoms with Crippen molar-refractivity contribution in [1.82, 2.24) is 14.9 Å². The first kappa shape index (κ1) is 18.7. The lowest BCUT2D eigenvalue weighted by molar-refractivity contribution is -0.137. The number of aliphatic carboxylic acids is 1. The number of benzene rings is 1. The maximum absolute atomic E-state index is 12.0. The Labute approximate surface area is 151 Å². The molecule has 0 atom stereocenters. The number of hydrogen-bond donors (Lipinski definition) is 3. The van der Waals surface area contributed by atoms with E-state index in [9.17, 15) is 14.4 Å². The molecular weight excluding hydrogens is 370 g/mol. The van der Waals surface area contributed by atoms with E-state index in [1.54, 1.807) is 24.3 Å². The topological polar surface area (TPSA) is 140 Å². The first-order chi connectivity index (χ1) is 11.9. The highest BCUT2D eigenvalue weighted by Gasteiger charge is 2.14. The number of rotatable bonds is 7.